The molecule has 0 saturated carbocycles. The van der Waals surface area contributed by atoms with Gasteiger partial charge in [-0.05, 0) is 17.9 Å². The second-order valence-electron chi connectivity index (χ2n) is 5.35. The van der Waals surface area contributed by atoms with Crippen molar-refractivity contribution in [3.8, 4) is 0 Å². The van der Waals surface area contributed by atoms with Crippen molar-refractivity contribution in [2.45, 2.75) is 77.2 Å². The van der Waals surface area contributed by atoms with Gasteiger partial charge in [0.2, 0.25) is 0 Å². The SMILES string of the molecule is CCCCCCCCCCCC(NN)c1cccs1. The molecule has 0 aliphatic heterocycles. The lowest BCUT2D eigenvalue weighted by Crippen LogP contribution is -2.27. The van der Waals surface area contributed by atoms with Crippen LogP contribution in [0.5, 0.6) is 0 Å². The minimum atomic E-state index is 0.351. The van der Waals surface area contributed by atoms with Crippen LogP contribution < -0.4 is 11.3 Å². The Morgan fingerprint density at radius 3 is 2.21 bits per heavy atom. The molecule has 2 nitrogen and oxygen atoms in total. The number of nitrogens with one attached hydrogen (secondary N) is 1. The predicted octanol–water partition coefficient (Wildman–Crippen LogP) is 5.17. The van der Waals surface area contributed by atoms with Crippen LogP contribution in [0.2, 0.25) is 0 Å². The van der Waals surface area contributed by atoms with Crippen LogP contribution in [0.1, 0.15) is 82.1 Å². The van der Waals surface area contributed by atoms with E-state index >= 15 is 0 Å². The first-order valence-electron chi connectivity index (χ1n) is 7.88. The molecule has 1 unspecified atom stereocenters. The fourth-order valence-electron chi connectivity index (χ4n) is 2.46. The number of hydrogen-bond donors (Lipinski definition) is 2. The van der Waals surface area contributed by atoms with E-state index < -0.39 is 0 Å². The lowest BCUT2D eigenvalue weighted by molar-refractivity contribution is 0.479. The van der Waals surface area contributed by atoms with Crippen molar-refractivity contribution in [2.75, 3.05) is 0 Å². The van der Waals surface area contributed by atoms with E-state index in [1.54, 1.807) is 11.3 Å². The van der Waals surface area contributed by atoms with Crippen molar-refractivity contribution in [3.05, 3.63) is 22.4 Å². The van der Waals surface area contributed by atoms with E-state index in [-0.39, 0.29) is 0 Å². The molecule has 1 heterocycles. The van der Waals surface area contributed by atoms with Gasteiger partial charge in [0.05, 0.1) is 6.04 Å². The maximum atomic E-state index is 5.63. The third-order valence-electron chi connectivity index (χ3n) is 3.68. The van der Waals surface area contributed by atoms with E-state index in [2.05, 4.69) is 29.9 Å². The maximum Gasteiger partial charge on any atom is 0.0553 e. The van der Waals surface area contributed by atoms with Crippen LogP contribution in [0, 0.1) is 0 Å². The van der Waals surface area contributed by atoms with Crippen LogP contribution in [0.4, 0.5) is 0 Å². The Morgan fingerprint density at radius 1 is 1.05 bits per heavy atom. The Bertz CT molecular complexity index is 285. The average molecular weight is 282 g/mol. The molecule has 1 aromatic rings. The second kappa shape index (κ2) is 11.4. The summed E-state index contributed by atoms with van der Waals surface area (Å²) in [5, 5.41) is 2.12. The highest BCUT2D eigenvalue weighted by Gasteiger charge is 2.09. The van der Waals surface area contributed by atoms with Crippen molar-refractivity contribution in [1.29, 1.82) is 0 Å². The largest absolute Gasteiger partial charge is 0.271 e. The highest BCUT2D eigenvalue weighted by atomic mass is 32.1. The van der Waals surface area contributed by atoms with Crippen molar-refractivity contribution < 1.29 is 0 Å². The van der Waals surface area contributed by atoms with Gasteiger partial charge >= 0.3 is 0 Å². The smallest absolute Gasteiger partial charge is 0.0553 e. The Morgan fingerprint density at radius 2 is 1.68 bits per heavy atom. The minimum Gasteiger partial charge on any atom is -0.271 e. The second-order valence-corrected chi connectivity index (χ2v) is 6.33. The lowest BCUT2D eigenvalue weighted by Gasteiger charge is -2.13. The third kappa shape index (κ3) is 7.71. The zero-order valence-electron chi connectivity index (χ0n) is 12.4. The Balaban J connectivity index is 1.95. The molecule has 0 radical (unpaired) electrons. The first kappa shape index (κ1) is 16.7. The fourth-order valence-corrected chi connectivity index (χ4v) is 3.28. The first-order valence-corrected chi connectivity index (χ1v) is 8.76. The first-order chi connectivity index (χ1) is 9.38. The van der Waals surface area contributed by atoms with Gasteiger partial charge < -0.3 is 0 Å². The van der Waals surface area contributed by atoms with Crippen LogP contribution in [-0.4, -0.2) is 0 Å². The molecule has 110 valence electrons. The summed E-state index contributed by atoms with van der Waals surface area (Å²) in [7, 11) is 0. The molecule has 0 aliphatic rings. The highest BCUT2D eigenvalue weighted by molar-refractivity contribution is 7.10. The zero-order chi connectivity index (χ0) is 13.8. The van der Waals surface area contributed by atoms with E-state index in [1.807, 2.05) is 0 Å². The summed E-state index contributed by atoms with van der Waals surface area (Å²) in [4.78, 5) is 1.36. The van der Waals surface area contributed by atoms with Crippen LogP contribution in [-0.2, 0) is 0 Å². The molecular formula is C16H30N2S. The van der Waals surface area contributed by atoms with Crippen molar-refractivity contribution >= 4 is 11.3 Å². The van der Waals surface area contributed by atoms with Crippen LogP contribution in [0.15, 0.2) is 17.5 Å². The molecule has 19 heavy (non-hydrogen) atoms. The van der Waals surface area contributed by atoms with Crippen molar-refractivity contribution in [3.63, 3.8) is 0 Å². The van der Waals surface area contributed by atoms with Gasteiger partial charge in [0.25, 0.3) is 0 Å². The molecule has 0 saturated heterocycles. The van der Waals surface area contributed by atoms with Gasteiger partial charge in [0.15, 0.2) is 0 Å². The van der Waals surface area contributed by atoms with E-state index in [4.69, 9.17) is 5.84 Å². The predicted molar refractivity (Wildman–Crippen MR) is 86.2 cm³/mol. The number of thiophene rings is 1. The molecule has 0 fully saturated rings. The molecule has 3 N–H and O–H groups in total. The summed E-state index contributed by atoms with van der Waals surface area (Å²) < 4.78 is 0. The van der Waals surface area contributed by atoms with Crippen LogP contribution >= 0.6 is 11.3 Å². The number of hydrogen-bond acceptors (Lipinski definition) is 3. The third-order valence-corrected chi connectivity index (χ3v) is 4.67. The quantitative estimate of drug-likeness (QED) is 0.315. The maximum absolute atomic E-state index is 5.63. The molecule has 0 bridgehead atoms. The molecule has 3 heteroatoms. The summed E-state index contributed by atoms with van der Waals surface area (Å²) in [6.07, 6.45) is 13.6. The summed E-state index contributed by atoms with van der Waals surface area (Å²) >= 11 is 1.79. The summed E-state index contributed by atoms with van der Waals surface area (Å²) in [6, 6.07) is 4.62. The fraction of sp³-hybridized carbons (Fsp3) is 0.750. The van der Waals surface area contributed by atoms with Gasteiger partial charge in [-0.2, -0.15) is 0 Å². The standard InChI is InChI=1S/C16H30N2S/c1-2-3-4-5-6-7-8-9-10-12-15(18-17)16-13-11-14-19-16/h11,13-15,18H,2-10,12,17H2,1H3. The molecule has 0 aromatic carbocycles. The number of rotatable bonds is 12. The van der Waals surface area contributed by atoms with E-state index in [0.717, 1.165) is 6.42 Å². The summed E-state index contributed by atoms with van der Waals surface area (Å²) in [5.74, 6) is 5.63. The van der Waals surface area contributed by atoms with E-state index in [9.17, 15) is 0 Å². The van der Waals surface area contributed by atoms with Gasteiger partial charge in [-0.1, -0.05) is 70.8 Å². The molecular weight excluding hydrogens is 252 g/mol. The van der Waals surface area contributed by atoms with Crippen LogP contribution in [0.3, 0.4) is 0 Å². The Labute approximate surface area is 122 Å². The molecule has 0 amide bonds. The normalized spacial score (nSPS) is 12.7. The minimum absolute atomic E-state index is 0.351. The van der Waals surface area contributed by atoms with Gasteiger partial charge in [-0.3, -0.25) is 11.3 Å². The van der Waals surface area contributed by atoms with Crippen LogP contribution in [0.25, 0.3) is 0 Å². The van der Waals surface area contributed by atoms with Crippen molar-refractivity contribution in [2.24, 2.45) is 5.84 Å². The highest BCUT2D eigenvalue weighted by Crippen LogP contribution is 2.23. The molecule has 1 rings (SSSR count). The van der Waals surface area contributed by atoms with Gasteiger partial charge in [0, 0.05) is 4.88 Å². The molecule has 0 aliphatic carbocycles. The lowest BCUT2D eigenvalue weighted by atomic mass is 10.0. The number of nitrogens with two attached hydrogens (primary N) is 1. The van der Waals surface area contributed by atoms with Gasteiger partial charge in [-0.15, -0.1) is 11.3 Å². The van der Waals surface area contributed by atoms with E-state index in [1.165, 1.54) is 62.7 Å². The van der Waals surface area contributed by atoms with Gasteiger partial charge in [-0.25, -0.2) is 0 Å². The molecule has 1 atom stereocenters. The number of unbranched alkanes of at least 4 members (excludes halogenated alkanes) is 8. The molecule has 0 spiro atoms. The summed E-state index contributed by atoms with van der Waals surface area (Å²) in [5.41, 5.74) is 2.94. The van der Waals surface area contributed by atoms with Gasteiger partial charge in [0.1, 0.15) is 0 Å². The Kier molecular flexibility index (Phi) is 10.0. The zero-order valence-corrected chi connectivity index (χ0v) is 13.2. The monoisotopic (exact) mass is 282 g/mol. The summed E-state index contributed by atoms with van der Waals surface area (Å²) in [6.45, 7) is 2.27. The Hall–Kier alpha value is -0.380. The number of hydrazine groups is 1. The molecule has 1 aromatic heterocycles. The van der Waals surface area contributed by atoms with E-state index in [0.29, 0.717) is 6.04 Å². The topological polar surface area (TPSA) is 38.0 Å². The average Bonchev–Trinajstić information content (AvgIpc) is 2.95. The van der Waals surface area contributed by atoms with Crippen molar-refractivity contribution in [1.82, 2.24) is 5.43 Å².